The number of carbonyl (C=O) groups excluding carboxylic acids is 1. The second-order valence-corrected chi connectivity index (χ2v) is 7.24. The molecular formula is C17H16N2O5S. The van der Waals surface area contributed by atoms with Gasteiger partial charge in [0.15, 0.2) is 0 Å². The number of methoxy groups -OCH3 is 1. The van der Waals surface area contributed by atoms with Crippen LogP contribution in [0.15, 0.2) is 41.3 Å². The average molecular weight is 360 g/mol. The highest BCUT2D eigenvalue weighted by Crippen LogP contribution is 2.36. The monoisotopic (exact) mass is 360 g/mol. The van der Waals surface area contributed by atoms with Crippen molar-refractivity contribution < 1.29 is 23.1 Å². The van der Waals surface area contributed by atoms with E-state index >= 15 is 0 Å². The molecule has 8 heteroatoms. The predicted molar refractivity (Wildman–Crippen MR) is 93.8 cm³/mol. The zero-order valence-corrected chi connectivity index (χ0v) is 14.3. The van der Waals surface area contributed by atoms with E-state index in [9.17, 15) is 18.3 Å². The average Bonchev–Trinajstić information content (AvgIpc) is 2.91. The van der Waals surface area contributed by atoms with Crippen molar-refractivity contribution in [3.05, 3.63) is 47.5 Å². The fourth-order valence-electron chi connectivity index (χ4n) is 2.52. The van der Waals surface area contributed by atoms with Gasteiger partial charge in [-0.25, -0.2) is 13.1 Å². The van der Waals surface area contributed by atoms with E-state index in [1.54, 1.807) is 12.1 Å². The third-order valence-corrected chi connectivity index (χ3v) is 5.30. The zero-order valence-electron chi connectivity index (χ0n) is 13.5. The number of carbonyl (C=O) groups is 1. The Morgan fingerprint density at radius 2 is 1.96 bits per heavy atom. The molecule has 0 bridgehead atoms. The molecule has 1 aliphatic heterocycles. The number of sulfonamides is 1. The van der Waals surface area contributed by atoms with Gasteiger partial charge in [-0.3, -0.25) is 4.79 Å². The number of phenolic OH excluding ortho intramolecular Hbond substituents is 1. The summed E-state index contributed by atoms with van der Waals surface area (Å²) in [7, 11) is -0.832. The summed E-state index contributed by atoms with van der Waals surface area (Å²) in [5.74, 6) is 0.0645. The lowest BCUT2D eigenvalue weighted by Gasteiger charge is -2.06. The summed E-state index contributed by atoms with van der Waals surface area (Å²) in [6.45, 7) is 0. The summed E-state index contributed by atoms with van der Waals surface area (Å²) in [5.41, 5.74) is 1.65. The Balaban J connectivity index is 2.11. The van der Waals surface area contributed by atoms with Crippen molar-refractivity contribution in [2.75, 3.05) is 19.5 Å². The van der Waals surface area contributed by atoms with Gasteiger partial charge in [0, 0.05) is 28.5 Å². The highest BCUT2D eigenvalue weighted by atomic mass is 32.2. The van der Waals surface area contributed by atoms with Crippen LogP contribution in [0.5, 0.6) is 11.5 Å². The predicted octanol–water partition coefficient (Wildman–Crippen LogP) is 1.80. The van der Waals surface area contributed by atoms with Crippen LogP contribution in [0.2, 0.25) is 0 Å². The number of phenols is 1. The third kappa shape index (κ3) is 3.09. The van der Waals surface area contributed by atoms with Crippen molar-refractivity contribution in [2.24, 2.45) is 0 Å². The van der Waals surface area contributed by atoms with Crippen LogP contribution in [0.4, 0.5) is 5.69 Å². The normalized spacial score (nSPS) is 15.1. The molecule has 0 aliphatic carbocycles. The van der Waals surface area contributed by atoms with E-state index < -0.39 is 10.0 Å². The maximum absolute atomic E-state index is 12.2. The molecule has 0 fully saturated rings. The van der Waals surface area contributed by atoms with E-state index in [1.807, 2.05) is 0 Å². The molecule has 25 heavy (non-hydrogen) atoms. The van der Waals surface area contributed by atoms with Crippen LogP contribution in [0.1, 0.15) is 11.1 Å². The van der Waals surface area contributed by atoms with Gasteiger partial charge in [0.05, 0.1) is 12.0 Å². The molecule has 0 unspecified atom stereocenters. The maximum atomic E-state index is 12.2. The third-order valence-electron chi connectivity index (χ3n) is 3.89. The first-order valence-electron chi connectivity index (χ1n) is 7.34. The van der Waals surface area contributed by atoms with Gasteiger partial charge in [-0.15, -0.1) is 0 Å². The van der Waals surface area contributed by atoms with Crippen LogP contribution in [0.3, 0.4) is 0 Å². The quantitative estimate of drug-likeness (QED) is 0.721. The minimum atomic E-state index is -3.63. The smallest absolute Gasteiger partial charge is 0.256 e. The molecule has 0 saturated carbocycles. The van der Waals surface area contributed by atoms with E-state index in [0.29, 0.717) is 22.6 Å². The van der Waals surface area contributed by atoms with Crippen LogP contribution in [-0.4, -0.2) is 33.6 Å². The summed E-state index contributed by atoms with van der Waals surface area (Å²) >= 11 is 0. The Morgan fingerprint density at radius 1 is 1.20 bits per heavy atom. The van der Waals surface area contributed by atoms with Gasteiger partial charge >= 0.3 is 0 Å². The van der Waals surface area contributed by atoms with Gasteiger partial charge in [0.25, 0.3) is 5.91 Å². The SMILES string of the molecule is CNS(=O)(=O)c1ccc2c(c1)C(=Cc1ccc(OC)cc1O)C(=O)N2. The van der Waals surface area contributed by atoms with E-state index in [0.717, 1.165) is 0 Å². The molecule has 7 nitrogen and oxygen atoms in total. The molecule has 3 rings (SSSR count). The summed E-state index contributed by atoms with van der Waals surface area (Å²) < 4.78 is 31.2. The standard InChI is InChI=1S/C17H16N2O5S/c1-18-25(22,23)12-5-6-15-13(9-12)14(17(21)19-15)7-10-3-4-11(24-2)8-16(10)20/h3-9,18,20H,1-2H3,(H,19,21). The lowest BCUT2D eigenvalue weighted by Crippen LogP contribution is -2.18. The van der Waals surface area contributed by atoms with Crippen LogP contribution in [0, 0.1) is 0 Å². The number of aromatic hydroxyl groups is 1. The van der Waals surface area contributed by atoms with Crippen LogP contribution in [0.25, 0.3) is 11.6 Å². The number of hydrogen-bond donors (Lipinski definition) is 3. The van der Waals surface area contributed by atoms with Crippen LogP contribution < -0.4 is 14.8 Å². The molecule has 2 aromatic carbocycles. The van der Waals surface area contributed by atoms with Crippen LogP contribution in [-0.2, 0) is 14.8 Å². The van der Waals surface area contributed by atoms with Gasteiger partial charge < -0.3 is 15.2 Å². The van der Waals surface area contributed by atoms with Crippen molar-refractivity contribution in [2.45, 2.75) is 4.90 Å². The van der Waals surface area contributed by atoms with Crippen molar-refractivity contribution in [3.8, 4) is 11.5 Å². The molecular weight excluding hydrogens is 344 g/mol. The van der Waals surface area contributed by atoms with Gasteiger partial charge in [-0.2, -0.15) is 0 Å². The Labute approximate surface area is 145 Å². The number of amides is 1. The molecule has 130 valence electrons. The number of nitrogens with one attached hydrogen (secondary N) is 2. The molecule has 0 radical (unpaired) electrons. The van der Waals surface area contributed by atoms with Gasteiger partial charge in [-0.1, -0.05) is 0 Å². The number of fused-ring (bicyclic) bond motifs is 1. The number of rotatable bonds is 4. The fourth-order valence-corrected chi connectivity index (χ4v) is 3.28. The second kappa shape index (κ2) is 6.23. The van der Waals surface area contributed by atoms with E-state index in [-0.39, 0.29) is 22.1 Å². The van der Waals surface area contributed by atoms with Crippen molar-refractivity contribution in [3.63, 3.8) is 0 Å². The minimum absolute atomic E-state index is 0.0490. The van der Waals surface area contributed by atoms with Gasteiger partial charge in [0.2, 0.25) is 10.0 Å². The maximum Gasteiger partial charge on any atom is 0.256 e. The summed E-state index contributed by atoms with van der Waals surface area (Å²) in [5, 5.41) is 12.8. The topological polar surface area (TPSA) is 105 Å². The van der Waals surface area contributed by atoms with E-state index in [4.69, 9.17) is 4.74 Å². The first-order valence-corrected chi connectivity index (χ1v) is 8.82. The van der Waals surface area contributed by atoms with Crippen molar-refractivity contribution in [1.29, 1.82) is 0 Å². The highest BCUT2D eigenvalue weighted by molar-refractivity contribution is 7.89. The van der Waals surface area contributed by atoms with Gasteiger partial charge in [0.1, 0.15) is 11.5 Å². The molecule has 1 aliphatic rings. The largest absolute Gasteiger partial charge is 0.507 e. The molecule has 0 spiro atoms. The number of benzene rings is 2. The summed E-state index contributed by atoms with van der Waals surface area (Å²) in [6, 6.07) is 9.07. The van der Waals surface area contributed by atoms with Crippen molar-refractivity contribution in [1.82, 2.24) is 4.72 Å². The van der Waals surface area contributed by atoms with E-state index in [2.05, 4.69) is 10.0 Å². The molecule has 3 N–H and O–H groups in total. The Morgan fingerprint density at radius 3 is 2.60 bits per heavy atom. The summed E-state index contributed by atoms with van der Waals surface area (Å²) in [6.07, 6.45) is 1.51. The Kier molecular flexibility index (Phi) is 4.23. The number of anilines is 1. The Hall–Kier alpha value is -2.84. The first kappa shape index (κ1) is 17.0. The summed E-state index contributed by atoms with van der Waals surface area (Å²) in [4.78, 5) is 12.3. The zero-order chi connectivity index (χ0) is 18.2. The van der Waals surface area contributed by atoms with E-state index in [1.165, 1.54) is 44.5 Å². The molecule has 2 aromatic rings. The van der Waals surface area contributed by atoms with Crippen molar-refractivity contribution >= 4 is 33.3 Å². The molecule has 1 amide bonds. The highest BCUT2D eigenvalue weighted by Gasteiger charge is 2.26. The van der Waals surface area contributed by atoms with Crippen LogP contribution >= 0.6 is 0 Å². The number of ether oxygens (including phenoxy) is 1. The fraction of sp³-hybridized carbons (Fsp3) is 0.118. The lowest BCUT2D eigenvalue weighted by atomic mass is 10.0. The lowest BCUT2D eigenvalue weighted by molar-refractivity contribution is -0.110. The molecule has 0 atom stereocenters. The second-order valence-electron chi connectivity index (χ2n) is 5.35. The first-order chi connectivity index (χ1) is 11.9. The van der Waals surface area contributed by atoms with Gasteiger partial charge in [-0.05, 0) is 43.5 Å². The number of hydrogen-bond acceptors (Lipinski definition) is 5. The molecule has 0 saturated heterocycles. The minimum Gasteiger partial charge on any atom is -0.507 e. The molecule has 1 heterocycles. The molecule has 0 aromatic heterocycles. The Bertz CT molecular complexity index is 996.